The van der Waals surface area contributed by atoms with Gasteiger partial charge in [0.25, 0.3) is 15.9 Å². The molecule has 0 saturated heterocycles. The number of ether oxygens (including phenoxy) is 1. The average Bonchev–Trinajstić information content (AvgIpc) is 2.80. The van der Waals surface area contributed by atoms with E-state index in [0.29, 0.717) is 18.0 Å². The molecule has 33 heavy (non-hydrogen) atoms. The van der Waals surface area contributed by atoms with Crippen molar-refractivity contribution in [1.29, 1.82) is 0 Å². The number of anilines is 1. The Balaban J connectivity index is 1.84. The summed E-state index contributed by atoms with van der Waals surface area (Å²) in [6.07, 6.45) is 1.16. The molecule has 0 aliphatic carbocycles. The predicted molar refractivity (Wildman–Crippen MR) is 125 cm³/mol. The smallest absolute Gasteiger partial charge is 0.264 e. The summed E-state index contributed by atoms with van der Waals surface area (Å²) in [5.74, 6) is -0.633. The Hall–Kier alpha value is -3.72. The van der Waals surface area contributed by atoms with Crippen LogP contribution in [0.25, 0.3) is 0 Å². The van der Waals surface area contributed by atoms with E-state index >= 15 is 0 Å². The van der Waals surface area contributed by atoms with Gasteiger partial charge in [0.2, 0.25) is 0 Å². The van der Waals surface area contributed by atoms with Gasteiger partial charge in [0, 0.05) is 5.56 Å². The molecular formula is C24H24FN3O4S. The first kappa shape index (κ1) is 23.9. The lowest BCUT2D eigenvalue weighted by molar-refractivity contribution is -0.119. The molecule has 7 nitrogen and oxygen atoms in total. The summed E-state index contributed by atoms with van der Waals surface area (Å²) in [5.41, 5.74) is 3.71. The molecule has 0 spiro atoms. The van der Waals surface area contributed by atoms with Crippen molar-refractivity contribution in [2.45, 2.75) is 18.7 Å². The Morgan fingerprint density at radius 2 is 1.73 bits per heavy atom. The van der Waals surface area contributed by atoms with E-state index in [4.69, 9.17) is 4.74 Å². The highest BCUT2D eigenvalue weighted by molar-refractivity contribution is 7.92. The third-order valence-electron chi connectivity index (χ3n) is 4.63. The zero-order valence-electron chi connectivity index (χ0n) is 18.2. The highest BCUT2D eigenvalue weighted by Gasteiger charge is 2.27. The van der Waals surface area contributed by atoms with Crippen LogP contribution in [0.5, 0.6) is 5.75 Å². The van der Waals surface area contributed by atoms with Crippen molar-refractivity contribution >= 4 is 27.8 Å². The molecule has 3 aromatic rings. The molecule has 9 heteroatoms. The molecule has 1 amide bonds. The number of carbonyl (C=O) groups excluding carboxylic acids is 1. The second kappa shape index (κ2) is 10.7. The van der Waals surface area contributed by atoms with E-state index in [-0.39, 0.29) is 10.5 Å². The lowest BCUT2D eigenvalue weighted by atomic mass is 10.2. The van der Waals surface area contributed by atoms with Crippen LogP contribution in [0.4, 0.5) is 10.1 Å². The topological polar surface area (TPSA) is 88.1 Å². The first-order valence-corrected chi connectivity index (χ1v) is 11.6. The SMILES string of the molecule is CCOc1ccc(S(=O)(=O)N(CC(=O)N/N=C/c2ccccc2F)c2ccc(C)cc2)cc1. The van der Waals surface area contributed by atoms with Gasteiger partial charge in [-0.25, -0.2) is 18.2 Å². The van der Waals surface area contributed by atoms with E-state index in [1.54, 1.807) is 42.5 Å². The summed E-state index contributed by atoms with van der Waals surface area (Å²) in [4.78, 5) is 12.5. The number of benzene rings is 3. The minimum absolute atomic E-state index is 0.00851. The summed E-state index contributed by atoms with van der Waals surface area (Å²) in [6.45, 7) is 3.64. The average molecular weight is 470 g/mol. The van der Waals surface area contributed by atoms with E-state index in [2.05, 4.69) is 10.5 Å². The molecule has 0 aliphatic rings. The summed E-state index contributed by atoms with van der Waals surface area (Å²) in [5, 5.41) is 3.75. The van der Waals surface area contributed by atoms with Crippen molar-refractivity contribution in [3.05, 3.63) is 89.7 Å². The second-order valence-corrected chi connectivity index (χ2v) is 8.93. The third kappa shape index (κ3) is 6.17. The molecule has 0 bridgehead atoms. The Kier molecular flexibility index (Phi) is 7.78. The van der Waals surface area contributed by atoms with Crippen LogP contribution in [-0.2, 0) is 14.8 Å². The van der Waals surface area contributed by atoms with Crippen molar-refractivity contribution in [1.82, 2.24) is 5.43 Å². The van der Waals surface area contributed by atoms with Gasteiger partial charge in [-0.3, -0.25) is 9.10 Å². The van der Waals surface area contributed by atoms with Gasteiger partial charge in [-0.15, -0.1) is 0 Å². The predicted octanol–water partition coefficient (Wildman–Crippen LogP) is 3.88. The first-order chi connectivity index (χ1) is 15.8. The normalized spacial score (nSPS) is 11.4. The van der Waals surface area contributed by atoms with Crippen molar-refractivity contribution in [2.75, 3.05) is 17.5 Å². The fourth-order valence-electron chi connectivity index (χ4n) is 2.95. The van der Waals surface area contributed by atoms with Gasteiger partial charge in [-0.2, -0.15) is 5.10 Å². The number of hydrogen-bond acceptors (Lipinski definition) is 5. The number of amides is 1. The van der Waals surface area contributed by atoms with Crippen LogP contribution in [0.2, 0.25) is 0 Å². The molecule has 0 fully saturated rings. The molecule has 0 aliphatic heterocycles. The highest BCUT2D eigenvalue weighted by atomic mass is 32.2. The van der Waals surface area contributed by atoms with Crippen molar-refractivity contribution in [3.8, 4) is 5.75 Å². The monoisotopic (exact) mass is 469 g/mol. The molecule has 0 radical (unpaired) electrons. The summed E-state index contributed by atoms with van der Waals surface area (Å²) >= 11 is 0. The maximum atomic E-state index is 13.7. The molecule has 0 atom stereocenters. The minimum atomic E-state index is -4.07. The molecular weight excluding hydrogens is 445 g/mol. The van der Waals surface area contributed by atoms with Gasteiger partial charge in [0.05, 0.1) is 23.4 Å². The Labute approximate surface area is 192 Å². The van der Waals surface area contributed by atoms with Crippen molar-refractivity contribution in [3.63, 3.8) is 0 Å². The third-order valence-corrected chi connectivity index (χ3v) is 6.42. The van der Waals surface area contributed by atoms with Crippen LogP contribution in [0, 0.1) is 12.7 Å². The standard InChI is InChI=1S/C24H24FN3O4S/c1-3-32-21-12-14-22(15-13-21)33(30,31)28(20-10-8-18(2)9-11-20)17-24(29)27-26-16-19-6-4-5-7-23(19)25/h4-16H,3,17H2,1-2H3,(H,27,29)/b26-16+. The van der Waals surface area contributed by atoms with Crippen molar-refractivity contribution in [2.24, 2.45) is 5.10 Å². The Bertz CT molecular complexity index is 1230. The fraction of sp³-hybridized carbons (Fsp3) is 0.167. The number of rotatable bonds is 9. The van der Waals surface area contributed by atoms with E-state index in [1.165, 1.54) is 30.3 Å². The lowest BCUT2D eigenvalue weighted by Crippen LogP contribution is -2.39. The van der Waals surface area contributed by atoms with Crippen LogP contribution in [0.15, 0.2) is 82.8 Å². The van der Waals surface area contributed by atoms with E-state index in [0.717, 1.165) is 16.1 Å². The number of halogens is 1. The molecule has 0 unspecified atom stereocenters. The number of nitrogens with one attached hydrogen (secondary N) is 1. The summed E-state index contributed by atoms with van der Waals surface area (Å²) in [6, 6.07) is 18.7. The quantitative estimate of drug-likeness (QED) is 0.381. The Morgan fingerprint density at radius 3 is 2.36 bits per heavy atom. The van der Waals surface area contributed by atoms with Gasteiger partial charge in [0.15, 0.2) is 0 Å². The minimum Gasteiger partial charge on any atom is -0.494 e. The van der Waals surface area contributed by atoms with Crippen LogP contribution >= 0.6 is 0 Å². The zero-order chi connectivity index (χ0) is 23.8. The lowest BCUT2D eigenvalue weighted by Gasteiger charge is -2.24. The maximum absolute atomic E-state index is 13.7. The summed E-state index contributed by atoms with van der Waals surface area (Å²) in [7, 11) is -4.07. The molecule has 3 aromatic carbocycles. The molecule has 0 aromatic heterocycles. The van der Waals surface area contributed by atoms with Gasteiger partial charge < -0.3 is 4.74 Å². The van der Waals surface area contributed by atoms with Gasteiger partial charge in [0.1, 0.15) is 18.1 Å². The van der Waals surface area contributed by atoms with Gasteiger partial charge in [-0.05, 0) is 56.3 Å². The van der Waals surface area contributed by atoms with Gasteiger partial charge >= 0.3 is 0 Å². The Morgan fingerprint density at radius 1 is 1.06 bits per heavy atom. The van der Waals surface area contributed by atoms with E-state index in [9.17, 15) is 17.6 Å². The van der Waals surface area contributed by atoms with Crippen LogP contribution < -0.4 is 14.5 Å². The molecule has 172 valence electrons. The molecule has 0 saturated carbocycles. The highest BCUT2D eigenvalue weighted by Crippen LogP contribution is 2.25. The number of hydrogen-bond donors (Lipinski definition) is 1. The number of aryl methyl sites for hydroxylation is 1. The van der Waals surface area contributed by atoms with Gasteiger partial charge in [-0.1, -0.05) is 35.9 Å². The molecule has 3 rings (SSSR count). The number of nitrogens with zero attached hydrogens (tertiary/aromatic N) is 2. The van der Waals surface area contributed by atoms with Crippen LogP contribution in [0.1, 0.15) is 18.1 Å². The number of sulfonamides is 1. The largest absolute Gasteiger partial charge is 0.494 e. The molecule has 0 heterocycles. The summed E-state index contributed by atoms with van der Waals surface area (Å²) < 4.78 is 46.8. The van der Waals surface area contributed by atoms with Crippen LogP contribution in [0.3, 0.4) is 0 Å². The number of hydrazone groups is 1. The van der Waals surface area contributed by atoms with Crippen LogP contribution in [-0.4, -0.2) is 33.7 Å². The zero-order valence-corrected chi connectivity index (χ0v) is 19.0. The fourth-order valence-corrected chi connectivity index (χ4v) is 4.37. The molecule has 1 N–H and O–H groups in total. The number of carbonyl (C=O) groups is 1. The van der Waals surface area contributed by atoms with E-state index < -0.39 is 28.3 Å². The van der Waals surface area contributed by atoms with E-state index in [1.807, 2.05) is 13.8 Å². The second-order valence-electron chi connectivity index (χ2n) is 7.07. The van der Waals surface area contributed by atoms with Crippen molar-refractivity contribution < 1.29 is 22.3 Å². The first-order valence-electron chi connectivity index (χ1n) is 10.2. The maximum Gasteiger partial charge on any atom is 0.264 e.